The highest BCUT2D eigenvalue weighted by Crippen LogP contribution is 2.22. The van der Waals surface area contributed by atoms with Crippen molar-refractivity contribution in [3.8, 4) is 6.07 Å². The monoisotopic (exact) mass is 224 g/mol. The lowest BCUT2D eigenvalue weighted by molar-refractivity contribution is -0.192. The fraction of sp³-hybridized carbons (Fsp3) is 0.750. The van der Waals surface area contributed by atoms with E-state index in [1.165, 1.54) is 0 Å². The van der Waals surface area contributed by atoms with Crippen LogP contribution in [-0.2, 0) is 4.79 Å². The topological polar surface area (TPSA) is 87.1 Å². The van der Waals surface area contributed by atoms with Crippen LogP contribution in [0.15, 0.2) is 0 Å². The second-order valence-electron chi connectivity index (χ2n) is 3.20. The first-order chi connectivity index (χ1) is 6.77. The Morgan fingerprint density at radius 2 is 1.93 bits per heavy atom. The number of rotatable bonds is 0. The maximum Gasteiger partial charge on any atom is 0.490 e. The van der Waals surface area contributed by atoms with Gasteiger partial charge in [0.05, 0.1) is 6.07 Å². The smallest absolute Gasteiger partial charge is 0.475 e. The molecule has 0 heterocycles. The van der Waals surface area contributed by atoms with Gasteiger partial charge in [0.25, 0.3) is 0 Å². The number of halogens is 3. The van der Waals surface area contributed by atoms with Gasteiger partial charge in [-0.2, -0.15) is 18.4 Å². The molecule has 4 nitrogen and oxygen atoms in total. The molecule has 1 fully saturated rings. The van der Waals surface area contributed by atoms with Crippen LogP contribution in [0, 0.1) is 17.2 Å². The number of hydrogen-bond donors (Lipinski definition) is 2. The third kappa shape index (κ3) is 5.91. The van der Waals surface area contributed by atoms with Crippen LogP contribution in [0.25, 0.3) is 0 Å². The molecule has 86 valence electrons. The number of hydrogen-bond acceptors (Lipinski definition) is 3. The number of carboxylic acids is 1. The van der Waals surface area contributed by atoms with Gasteiger partial charge in [0.15, 0.2) is 0 Å². The molecular formula is C8H11F3N2O2. The molecule has 0 aromatic carbocycles. The van der Waals surface area contributed by atoms with E-state index < -0.39 is 12.1 Å². The van der Waals surface area contributed by atoms with Gasteiger partial charge < -0.3 is 10.8 Å². The summed E-state index contributed by atoms with van der Waals surface area (Å²) in [6, 6.07) is 2.52. The summed E-state index contributed by atoms with van der Waals surface area (Å²) in [7, 11) is 0. The number of nitrogens with zero attached hydrogens (tertiary/aromatic N) is 1. The van der Waals surface area contributed by atoms with Crippen LogP contribution in [0.2, 0.25) is 0 Å². The zero-order chi connectivity index (χ0) is 12.1. The van der Waals surface area contributed by atoms with Crippen LogP contribution in [-0.4, -0.2) is 23.3 Å². The van der Waals surface area contributed by atoms with Crippen molar-refractivity contribution in [2.24, 2.45) is 11.7 Å². The second kappa shape index (κ2) is 5.56. The first-order valence-corrected chi connectivity index (χ1v) is 4.22. The Morgan fingerprint density at radius 1 is 1.47 bits per heavy atom. The Kier molecular flexibility index (Phi) is 5.08. The van der Waals surface area contributed by atoms with Crippen LogP contribution in [0.3, 0.4) is 0 Å². The minimum absolute atomic E-state index is 0.255. The van der Waals surface area contributed by atoms with Crippen molar-refractivity contribution in [1.29, 1.82) is 5.26 Å². The summed E-state index contributed by atoms with van der Waals surface area (Å²) < 4.78 is 31.7. The molecule has 0 aromatic rings. The van der Waals surface area contributed by atoms with Crippen LogP contribution in [0.5, 0.6) is 0 Å². The Bertz CT molecular complexity index is 260. The van der Waals surface area contributed by atoms with Gasteiger partial charge in [-0.3, -0.25) is 0 Å². The maximum absolute atomic E-state index is 10.6. The molecule has 1 rings (SSSR count). The minimum Gasteiger partial charge on any atom is -0.475 e. The second-order valence-corrected chi connectivity index (χ2v) is 3.20. The van der Waals surface area contributed by atoms with Gasteiger partial charge in [-0.15, -0.1) is 0 Å². The molecule has 1 aliphatic rings. The van der Waals surface area contributed by atoms with Crippen molar-refractivity contribution in [3.05, 3.63) is 0 Å². The van der Waals surface area contributed by atoms with Crippen molar-refractivity contribution in [2.75, 3.05) is 0 Å². The van der Waals surface area contributed by atoms with E-state index >= 15 is 0 Å². The van der Waals surface area contributed by atoms with Gasteiger partial charge in [-0.25, -0.2) is 4.79 Å². The lowest BCUT2D eigenvalue weighted by Crippen LogP contribution is -2.21. The van der Waals surface area contributed by atoms with Crippen molar-refractivity contribution < 1.29 is 23.1 Å². The number of aliphatic carboxylic acids is 1. The average molecular weight is 224 g/mol. The normalized spacial score (nSPS) is 25.0. The number of nitriles is 1. The van der Waals surface area contributed by atoms with Gasteiger partial charge >= 0.3 is 12.1 Å². The van der Waals surface area contributed by atoms with E-state index in [9.17, 15) is 13.2 Å². The molecular weight excluding hydrogens is 213 g/mol. The van der Waals surface area contributed by atoms with Gasteiger partial charge in [0.1, 0.15) is 0 Å². The molecule has 0 radical (unpaired) electrons. The van der Waals surface area contributed by atoms with E-state index in [1.54, 1.807) is 0 Å². The van der Waals surface area contributed by atoms with Crippen molar-refractivity contribution in [3.63, 3.8) is 0 Å². The van der Waals surface area contributed by atoms with Crippen LogP contribution in [0.1, 0.15) is 19.3 Å². The Labute approximate surface area is 84.5 Å². The number of carboxylic acid groups (broad SMARTS) is 1. The van der Waals surface area contributed by atoms with Crippen LogP contribution in [0.4, 0.5) is 13.2 Å². The summed E-state index contributed by atoms with van der Waals surface area (Å²) in [6.45, 7) is 0. The zero-order valence-corrected chi connectivity index (χ0v) is 7.79. The van der Waals surface area contributed by atoms with E-state index in [2.05, 4.69) is 6.07 Å². The summed E-state index contributed by atoms with van der Waals surface area (Å²) in [6.07, 6.45) is -2.12. The van der Waals surface area contributed by atoms with Crippen molar-refractivity contribution in [1.82, 2.24) is 0 Å². The SMILES string of the molecule is N#C[C@H]1CC[C@H](N)C1.O=C(O)C(F)(F)F. The Hall–Kier alpha value is -1.29. The molecule has 15 heavy (non-hydrogen) atoms. The van der Waals surface area contributed by atoms with Gasteiger partial charge in [-0.05, 0) is 19.3 Å². The molecule has 0 aliphatic heterocycles. The molecule has 3 N–H and O–H groups in total. The molecule has 0 aromatic heterocycles. The van der Waals surface area contributed by atoms with E-state index in [4.69, 9.17) is 20.9 Å². The molecule has 1 saturated carbocycles. The van der Waals surface area contributed by atoms with Gasteiger partial charge in [-0.1, -0.05) is 0 Å². The standard InChI is InChI=1S/C6H10N2.C2HF3O2/c7-4-5-1-2-6(8)3-5;3-2(4,5)1(6)7/h5-6H,1-3,8H2;(H,6,7)/t5-,6-;/m0./s1. The quantitative estimate of drug-likeness (QED) is 0.648. The predicted molar refractivity (Wildman–Crippen MR) is 44.6 cm³/mol. The molecule has 0 amide bonds. The summed E-state index contributed by atoms with van der Waals surface area (Å²) in [4.78, 5) is 8.90. The molecule has 0 unspecified atom stereocenters. The summed E-state index contributed by atoms with van der Waals surface area (Å²) in [5.41, 5.74) is 5.55. The fourth-order valence-corrected chi connectivity index (χ4v) is 1.13. The number of nitrogens with two attached hydrogens (primary N) is 1. The van der Waals surface area contributed by atoms with Crippen LogP contribution < -0.4 is 5.73 Å². The molecule has 0 spiro atoms. The van der Waals surface area contributed by atoms with Gasteiger partial charge in [0.2, 0.25) is 0 Å². The average Bonchev–Trinajstić information content (AvgIpc) is 2.50. The van der Waals surface area contributed by atoms with E-state index in [0.717, 1.165) is 19.3 Å². The highest BCUT2D eigenvalue weighted by molar-refractivity contribution is 5.73. The number of carbonyl (C=O) groups is 1. The number of alkyl halides is 3. The van der Waals surface area contributed by atoms with Crippen molar-refractivity contribution in [2.45, 2.75) is 31.5 Å². The van der Waals surface area contributed by atoms with Crippen molar-refractivity contribution >= 4 is 5.97 Å². The van der Waals surface area contributed by atoms with E-state index in [-0.39, 0.29) is 5.92 Å². The molecule has 2 atom stereocenters. The summed E-state index contributed by atoms with van der Waals surface area (Å²) >= 11 is 0. The van der Waals surface area contributed by atoms with E-state index in [0.29, 0.717) is 6.04 Å². The first-order valence-electron chi connectivity index (χ1n) is 4.22. The molecule has 1 aliphatic carbocycles. The van der Waals surface area contributed by atoms with Gasteiger partial charge in [0, 0.05) is 12.0 Å². The summed E-state index contributed by atoms with van der Waals surface area (Å²) in [5.74, 6) is -2.50. The Morgan fingerprint density at radius 3 is 2.07 bits per heavy atom. The van der Waals surface area contributed by atoms with Crippen LogP contribution >= 0.6 is 0 Å². The summed E-state index contributed by atoms with van der Waals surface area (Å²) in [5, 5.41) is 15.5. The van der Waals surface area contributed by atoms with E-state index in [1.807, 2.05) is 0 Å². The zero-order valence-electron chi connectivity index (χ0n) is 7.79. The molecule has 7 heteroatoms. The largest absolute Gasteiger partial charge is 0.490 e. The third-order valence-electron chi connectivity index (χ3n) is 1.90. The molecule has 0 saturated heterocycles. The third-order valence-corrected chi connectivity index (χ3v) is 1.90. The maximum atomic E-state index is 10.6. The lowest BCUT2D eigenvalue weighted by atomic mass is 10.1. The Balaban J connectivity index is 0.000000265. The fourth-order valence-electron chi connectivity index (χ4n) is 1.13. The first kappa shape index (κ1) is 13.7. The molecule has 0 bridgehead atoms. The highest BCUT2D eigenvalue weighted by Gasteiger charge is 2.38. The highest BCUT2D eigenvalue weighted by atomic mass is 19.4. The lowest BCUT2D eigenvalue weighted by Gasteiger charge is -1.95. The predicted octanol–water partition coefficient (Wildman–Crippen LogP) is 1.27. The minimum atomic E-state index is -5.08.